The van der Waals surface area contributed by atoms with Crippen LogP contribution in [0.4, 0.5) is 15.9 Å². The first-order chi connectivity index (χ1) is 20.4. The monoisotopic (exact) mass is 568 g/mol. The molecule has 11 nitrogen and oxygen atoms in total. The summed E-state index contributed by atoms with van der Waals surface area (Å²) in [7, 11) is 1.53. The van der Waals surface area contributed by atoms with Crippen LogP contribution < -0.4 is 19.5 Å². The van der Waals surface area contributed by atoms with Gasteiger partial charge in [-0.2, -0.15) is 0 Å². The van der Waals surface area contributed by atoms with Gasteiger partial charge < -0.3 is 28.8 Å². The van der Waals surface area contributed by atoms with Gasteiger partial charge in [-0.3, -0.25) is 4.79 Å². The number of methoxy groups -OCH3 is 1. The van der Waals surface area contributed by atoms with E-state index in [1.807, 2.05) is 6.07 Å². The molecule has 0 saturated carbocycles. The summed E-state index contributed by atoms with van der Waals surface area (Å²) < 4.78 is 38.2. The molecule has 0 atom stereocenters. The average Bonchev–Trinajstić information content (AvgIpc) is 3.42. The smallest absolute Gasteiger partial charge is 0.247 e. The fourth-order valence-electron chi connectivity index (χ4n) is 4.45. The Morgan fingerprint density at radius 3 is 2.67 bits per heavy atom. The van der Waals surface area contributed by atoms with Crippen molar-refractivity contribution in [2.24, 2.45) is 0 Å². The van der Waals surface area contributed by atoms with Gasteiger partial charge in [0.25, 0.3) is 0 Å². The molecular formula is C30H25FN6O5. The summed E-state index contributed by atoms with van der Waals surface area (Å²) in [5.41, 5.74) is 1.45. The predicted molar refractivity (Wildman–Crippen MR) is 152 cm³/mol. The molecule has 12 heteroatoms. The number of hydrogen-bond donors (Lipinski definition) is 1. The van der Waals surface area contributed by atoms with Crippen LogP contribution in [0.25, 0.3) is 22.4 Å². The van der Waals surface area contributed by atoms with E-state index in [2.05, 4.69) is 32.1 Å². The number of aromatic nitrogens is 4. The lowest BCUT2D eigenvalue weighted by atomic mass is 10.1. The van der Waals surface area contributed by atoms with Crippen LogP contribution in [0, 0.1) is 12.7 Å². The number of nitrogens with zero attached hydrogens (tertiary/aromatic N) is 5. The van der Waals surface area contributed by atoms with Crippen molar-refractivity contribution in [2.75, 3.05) is 25.5 Å². The number of rotatable bonds is 9. The molecule has 2 aromatic heterocycles. The molecule has 1 aliphatic rings. The van der Waals surface area contributed by atoms with Gasteiger partial charge in [-0.25, -0.2) is 14.4 Å². The van der Waals surface area contributed by atoms with Crippen molar-refractivity contribution in [1.29, 1.82) is 0 Å². The van der Waals surface area contributed by atoms with Gasteiger partial charge in [0, 0.05) is 30.0 Å². The van der Waals surface area contributed by atoms with Gasteiger partial charge in [0.05, 0.1) is 31.4 Å². The summed E-state index contributed by atoms with van der Waals surface area (Å²) in [4.78, 5) is 22.1. The molecule has 3 heterocycles. The minimum atomic E-state index is -0.547. The first-order valence-corrected chi connectivity index (χ1v) is 13.0. The molecule has 42 heavy (non-hydrogen) atoms. The zero-order chi connectivity index (χ0) is 29.2. The third kappa shape index (κ3) is 5.42. The van der Waals surface area contributed by atoms with Gasteiger partial charge in [-0.05, 0) is 42.5 Å². The summed E-state index contributed by atoms with van der Waals surface area (Å²) in [5.74, 6) is 2.22. The summed E-state index contributed by atoms with van der Waals surface area (Å²) in [6, 6.07) is 15.0. The fourth-order valence-corrected chi connectivity index (χ4v) is 4.45. The number of halogens is 1. The molecule has 0 spiro atoms. The summed E-state index contributed by atoms with van der Waals surface area (Å²) in [6.45, 7) is 6.08. The van der Waals surface area contributed by atoms with E-state index in [0.717, 1.165) is 0 Å². The van der Waals surface area contributed by atoms with Gasteiger partial charge >= 0.3 is 0 Å². The molecule has 0 unspecified atom stereocenters. The summed E-state index contributed by atoms with van der Waals surface area (Å²) in [6.07, 6.45) is 2.45. The Morgan fingerprint density at radius 1 is 1.10 bits per heavy atom. The molecular weight excluding hydrogens is 543 g/mol. The van der Waals surface area contributed by atoms with Gasteiger partial charge in [-0.1, -0.05) is 12.6 Å². The number of likely N-dealkylation sites (tertiary alicyclic amines) is 1. The molecule has 5 aromatic rings. The van der Waals surface area contributed by atoms with Crippen LogP contribution in [0.5, 0.6) is 23.0 Å². The zero-order valence-corrected chi connectivity index (χ0v) is 22.7. The van der Waals surface area contributed by atoms with Crippen LogP contribution in [-0.4, -0.2) is 57.3 Å². The predicted octanol–water partition coefficient (Wildman–Crippen LogP) is 5.45. The van der Waals surface area contributed by atoms with Gasteiger partial charge in [-0.15, -0.1) is 10.2 Å². The second kappa shape index (κ2) is 11.2. The number of nitrogens with one attached hydrogen (secondary N) is 1. The first-order valence-electron chi connectivity index (χ1n) is 13.0. The maximum Gasteiger partial charge on any atom is 0.247 e. The highest BCUT2D eigenvalue weighted by Gasteiger charge is 2.31. The minimum absolute atomic E-state index is 0.147. The van der Waals surface area contributed by atoms with Crippen molar-refractivity contribution in [1.82, 2.24) is 25.1 Å². The van der Waals surface area contributed by atoms with Crippen LogP contribution in [0.15, 0.2) is 78.0 Å². The SMILES string of the molecule is C=CC(=O)N1CC(Oc2cc3c(Nc4ccc(Oc5cccc(-c6nnc(C)o6)c5)cc4F)ncnc3cc2OC)C1. The molecule has 1 N–H and O–H groups in total. The van der Waals surface area contributed by atoms with Crippen LogP contribution in [-0.2, 0) is 4.79 Å². The Morgan fingerprint density at radius 2 is 1.93 bits per heavy atom. The van der Waals surface area contributed by atoms with E-state index in [9.17, 15) is 4.79 Å². The minimum Gasteiger partial charge on any atom is -0.493 e. The number of amides is 1. The van der Waals surface area contributed by atoms with E-state index < -0.39 is 5.82 Å². The second-order valence-electron chi connectivity index (χ2n) is 9.45. The van der Waals surface area contributed by atoms with Crippen molar-refractivity contribution >= 4 is 28.3 Å². The highest BCUT2D eigenvalue weighted by Crippen LogP contribution is 2.37. The maximum atomic E-state index is 15.2. The largest absolute Gasteiger partial charge is 0.493 e. The Labute approximate surface area is 239 Å². The van der Waals surface area contributed by atoms with Crippen LogP contribution in [0.1, 0.15) is 5.89 Å². The molecule has 3 aromatic carbocycles. The van der Waals surface area contributed by atoms with Gasteiger partial charge in [0.1, 0.15) is 35.6 Å². The van der Waals surface area contributed by atoms with Gasteiger partial charge in [0.15, 0.2) is 11.5 Å². The number of fused-ring (bicyclic) bond motifs is 1. The highest BCUT2D eigenvalue weighted by molar-refractivity contribution is 5.93. The van der Waals surface area contributed by atoms with Crippen molar-refractivity contribution in [3.63, 3.8) is 0 Å². The molecule has 1 fully saturated rings. The molecule has 1 aliphatic heterocycles. The molecule has 6 rings (SSSR count). The number of aryl methyl sites for hydroxylation is 1. The van der Waals surface area contributed by atoms with Gasteiger partial charge in [0.2, 0.25) is 17.7 Å². The Kier molecular flexibility index (Phi) is 7.09. The topological polar surface area (TPSA) is 125 Å². The van der Waals surface area contributed by atoms with E-state index in [4.69, 9.17) is 18.6 Å². The van der Waals surface area contributed by atoms with E-state index in [0.29, 0.717) is 70.2 Å². The van der Waals surface area contributed by atoms with Crippen LogP contribution in [0.2, 0.25) is 0 Å². The van der Waals surface area contributed by atoms with Crippen LogP contribution >= 0.6 is 0 Å². The Balaban J connectivity index is 1.21. The van der Waals surface area contributed by atoms with Crippen molar-refractivity contribution < 1.29 is 27.8 Å². The lowest BCUT2D eigenvalue weighted by Gasteiger charge is -2.38. The molecule has 1 amide bonds. The normalized spacial score (nSPS) is 13.0. The fraction of sp³-hybridized carbons (Fsp3) is 0.167. The summed E-state index contributed by atoms with van der Waals surface area (Å²) in [5, 5.41) is 11.5. The van der Waals surface area contributed by atoms with Crippen molar-refractivity contribution in [3.8, 4) is 34.5 Å². The molecule has 0 radical (unpaired) electrons. The maximum absolute atomic E-state index is 15.2. The zero-order valence-electron chi connectivity index (χ0n) is 22.7. The molecule has 0 bridgehead atoms. The van der Waals surface area contributed by atoms with E-state index in [-0.39, 0.29) is 17.7 Å². The number of ether oxygens (including phenoxy) is 3. The van der Waals surface area contributed by atoms with Crippen molar-refractivity contribution in [3.05, 3.63) is 85.3 Å². The Bertz CT molecular complexity index is 1800. The number of hydrogen-bond acceptors (Lipinski definition) is 10. The molecule has 0 aliphatic carbocycles. The lowest BCUT2D eigenvalue weighted by molar-refractivity contribution is -0.134. The number of anilines is 2. The lowest BCUT2D eigenvalue weighted by Crippen LogP contribution is -2.55. The average molecular weight is 569 g/mol. The van der Waals surface area contributed by atoms with E-state index in [1.165, 1.54) is 25.6 Å². The quantitative estimate of drug-likeness (QED) is 0.230. The molecule has 1 saturated heterocycles. The second-order valence-corrected chi connectivity index (χ2v) is 9.45. The highest BCUT2D eigenvalue weighted by atomic mass is 19.1. The first kappa shape index (κ1) is 26.7. The van der Waals surface area contributed by atoms with E-state index in [1.54, 1.807) is 54.3 Å². The van der Waals surface area contributed by atoms with Crippen LogP contribution in [0.3, 0.4) is 0 Å². The Hall–Kier alpha value is -5.52. The van der Waals surface area contributed by atoms with E-state index >= 15 is 4.39 Å². The third-order valence-electron chi connectivity index (χ3n) is 6.59. The number of carbonyl (C=O) groups is 1. The number of benzene rings is 3. The molecule has 212 valence electrons. The standard InChI is InChI=1S/C30H25FN6O5/c1-4-28(38)37-14-21(15-37)42-27-12-22-25(13-26(27)39-3)32-16-33-29(22)34-24-9-8-20(11-23(24)31)41-19-7-5-6-18(10-19)30-36-35-17(2)40-30/h4-13,16,21H,1,14-15H2,2-3H3,(H,32,33,34). The number of carbonyl (C=O) groups excluding carboxylic acids is 1. The third-order valence-corrected chi connectivity index (χ3v) is 6.59. The van der Waals surface area contributed by atoms with Crippen molar-refractivity contribution in [2.45, 2.75) is 13.0 Å². The summed E-state index contributed by atoms with van der Waals surface area (Å²) >= 11 is 0.